The van der Waals surface area contributed by atoms with Gasteiger partial charge in [0.1, 0.15) is 5.15 Å². The molecule has 0 aliphatic heterocycles. The molecule has 0 fully saturated rings. The number of benzene rings is 1. The van der Waals surface area contributed by atoms with Gasteiger partial charge in [0.15, 0.2) is 5.82 Å². The van der Waals surface area contributed by atoms with Gasteiger partial charge in [-0.3, -0.25) is 0 Å². The summed E-state index contributed by atoms with van der Waals surface area (Å²) in [5.41, 5.74) is 3.27. The van der Waals surface area contributed by atoms with Gasteiger partial charge in [-0.1, -0.05) is 49.7 Å². The van der Waals surface area contributed by atoms with Gasteiger partial charge < -0.3 is 0 Å². The van der Waals surface area contributed by atoms with Gasteiger partial charge in [0.05, 0.1) is 9.26 Å². The molecule has 0 aliphatic carbocycles. The average Bonchev–Trinajstić information content (AvgIpc) is 2.35. The molecule has 0 unspecified atom stereocenters. The predicted octanol–water partition coefficient (Wildman–Crippen LogP) is 4.91. The Bertz CT molecular complexity index is 556. The van der Waals surface area contributed by atoms with E-state index in [2.05, 4.69) is 70.7 Å². The zero-order chi connectivity index (χ0) is 14.0. The lowest BCUT2D eigenvalue weighted by molar-refractivity contribution is 0.647. The molecule has 0 bridgehead atoms. The van der Waals surface area contributed by atoms with Gasteiger partial charge in [-0.15, -0.1) is 0 Å². The molecule has 4 heteroatoms. The molecule has 19 heavy (non-hydrogen) atoms. The predicted molar refractivity (Wildman–Crippen MR) is 88.5 cm³/mol. The average molecular weight is 387 g/mol. The van der Waals surface area contributed by atoms with E-state index in [4.69, 9.17) is 11.6 Å². The topological polar surface area (TPSA) is 25.8 Å². The van der Waals surface area contributed by atoms with Crippen molar-refractivity contribution in [1.82, 2.24) is 9.97 Å². The van der Waals surface area contributed by atoms with E-state index in [0.29, 0.717) is 16.9 Å². The first-order valence-corrected chi connectivity index (χ1v) is 7.72. The van der Waals surface area contributed by atoms with Crippen molar-refractivity contribution in [3.63, 3.8) is 0 Å². The molecular formula is C15H16ClIN2. The molecule has 1 aromatic carbocycles. The second kappa shape index (κ2) is 6.18. The monoisotopic (exact) mass is 386 g/mol. The van der Waals surface area contributed by atoms with Crippen molar-refractivity contribution >= 4 is 34.2 Å². The van der Waals surface area contributed by atoms with E-state index in [1.807, 2.05) is 6.92 Å². The number of rotatable bonds is 3. The molecule has 2 rings (SSSR count). The minimum absolute atomic E-state index is 0.523. The van der Waals surface area contributed by atoms with E-state index in [9.17, 15) is 0 Å². The SMILES string of the molecule is Cc1nc(-c2ccc(CC(C)C)cc2)nc(Cl)c1I. The van der Waals surface area contributed by atoms with Crippen LogP contribution in [0.25, 0.3) is 11.4 Å². The number of nitrogens with zero attached hydrogens (tertiary/aromatic N) is 2. The zero-order valence-corrected chi connectivity index (χ0v) is 14.2. The van der Waals surface area contributed by atoms with Crippen molar-refractivity contribution < 1.29 is 0 Å². The van der Waals surface area contributed by atoms with Crippen molar-refractivity contribution in [3.05, 3.63) is 44.2 Å². The van der Waals surface area contributed by atoms with Gasteiger partial charge in [-0.05, 0) is 47.4 Å². The number of hydrogen-bond acceptors (Lipinski definition) is 2. The molecule has 0 N–H and O–H groups in total. The Morgan fingerprint density at radius 2 is 1.79 bits per heavy atom. The molecular weight excluding hydrogens is 371 g/mol. The molecule has 1 heterocycles. The lowest BCUT2D eigenvalue weighted by Crippen LogP contribution is -1.97. The van der Waals surface area contributed by atoms with Crippen molar-refractivity contribution in [2.24, 2.45) is 5.92 Å². The Morgan fingerprint density at radius 3 is 2.32 bits per heavy atom. The highest BCUT2D eigenvalue weighted by atomic mass is 127. The maximum absolute atomic E-state index is 6.11. The van der Waals surface area contributed by atoms with Crippen LogP contribution in [0.5, 0.6) is 0 Å². The fraction of sp³-hybridized carbons (Fsp3) is 0.333. The zero-order valence-electron chi connectivity index (χ0n) is 11.2. The summed E-state index contributed by atoms with van der Waals surface area (Å²) in [7, 11) is 0. The quantitative estimate of drug-likeness (QED) is 0.553. The molecule has 0 radical (unpaired) electrons. The third kappa shape index (κ3) is 3.66. The fourth-order valence-corrected chi connectivity index (χ4v) is 2.37. The van der Waals surface area contributed by atoms with Gasteiger partial charge in [-0.2, -0.15) is 0 Å². The summed E-state index contributed by atoms with van der Waals surface area (Å²) in [4.78, 5) is 8.83. The summed E-state index contributed by atoms with van der Waals surface area (Å²) in [6.07, 6.45) is 1.09. The molecule has 0 spiro atoms. The third-order valence-electron chi connectivity index (χ3n) is 2.83. The van der Waals surface area contributed by atoms with Crippen LogP contribution in [0, 0.1) is 16.4 Å². The van der Waals surface area contributed by atoms with Crippen molar-refractivity contribution in [1.29, 1.82) is 0 Å². The van der Waals surface area contributed by atoms with Crippen LogP contribution in [0.1, 0.15) is 25.1 Å². The molecule has 0 aliphatic rings. The molecule has 100 valence electrons. The Labute approximate surface area is 132 Å². The van der Waals surface area contributed by atoms with Crippen LogP contribution >= 0.6 is 34.2 Å². The highest BCUT2D eigenvalue weighted by Crippen LogP contribution is 2.24. The van der Waals surface area contributed by atoms with Gasteiger partial charge in [0, 0.05) is 5.56 Å². The summed E-state index contributed by atoms with van der Waals surface area (Å²) >= 11 is 8.28. The van der Waals surface area contributed by atoms with E-state index < -0.39 is 0 Å². The summed E-state index contributed by atoms with van der Waals surface area (Å²) < 4.78 is 0.916. The minimum atomic E-state index is 0.523. The van der Waals surface area contributed by atoms with Crippen LogP contribution in [-0.4, -0.2) is 9.97 Å². The number of aryl methyl sites for hydroxylation is 1. The molecule has 1 aromatic heterocycles. The maximum Gasteiger partial charge on any atom is 0.161 e. The summed E-state index contributed by atoms with van der Waals surface area (Å²) in [6, 6.07) is 8.41. The Balaban J connectivity index is 2.32. The van der Waals surface area contributed by atoms with Crippen LogP contribution in [-0.2, 0) is 6.42 Å². The highest BCUT2D eigenvalue weighted by Gasteiger charge is 2.09. The standard InChI is InChI=1S/C15H16ClIN2/c1-9(2)8-11-4-6-12(7-5-11)15-18-10(3)13(17)14(16)19-15/h4-7,9H,8H2,1-3H3. The first-order valence-electron chi connectivity index (χ1n) is 6.26. The number of hydrogen-bond donors (Lipinski definition) is 0. The van der Waals surface area contributed by atoms with Crippen LogP contribution in [0.2, 0.25) is 5.15 Å². The second-order valence-corrected chi connectivity index (χ2v) is 6.47. The number of aromatic nitrogens is 2. The Kier molecular flexibility index (Phi) is 4.79. The van der Waals surface area contributed by atoms with Crippen molar-refractivity contribution in [3.8, 4) is 11.4 Å². The summed E-state index contributed by atoms with van der Waals surface area (Å²) in [5.74, 6) is 1.36. The van der Waals surface area contributed by atoms with Crippen LogP contribution in [0.3, 0.4) is 0 Å². The molecule has 2 nitrogen and oxygen atoms in total. The first-order chi connectivity index (χ1) is 8.97. The smallest absolute Gasteiger partial charge is 0.161 e. The first kappa shape index (κ1) is 14.7. The lowest BCUT2D eigenvalue weighted by Gasteiger charge is -2.07. The Morgan fingerprint density at radius 1 is 1.16 bits per heavy atom. The molecule has 0 saturated heterocycles. The van der Waals surface area contributed by atoms with Gasteiger partial charge in [0.25, 0.3) is 0 Å². The normalized spacial score (nSPS) is 11.1. The van der Waals surface area contributed by atoms with Gasteiger partial charge in [0.2, 0.25) is 0 Å². The van der Waals surface area contributed by atoms with Crippen LogP contribution < -0.4 is 0 Å². The van der Waals surface area contributed by atoms with Gasteiger partial charge >= 0.3 is 0 Å². The molecule has 0 amide bonds. The lowest BCUT2D eigenvalue weighted by atomic mass is 10.0. The van der Waals surface area contributed by atoms with Crippen molar-refractivity contribution in [2.45, 2.75) is 27.2 Å². The summed E-state index contributed by atoms with van der Waals surface area (Å²) in [6.45, 7) is 6.39. The maximum atomic E-state index is 6.11. The van der Waals surface area contributed by atoms with E-state index in [1.54, 1.807) is 0 Å². The Hall–Kier alpha value is -0.680. The largest absolute Gasteiger partial charge is 0.232 e. The van der Waals surface area contributed by atoms with E-state index >= 15 is 0 Å². The highest BCUT2D eigenvalue weighted by molar-refractivity contribution is 14.1. The molecule has 0 atom stereocenters. The molecule has 2 aromatic rings. The van der Waals surface area contributed by atoms with Gasteiger partial charge in [-0.25, -0.2) is 9.97 Å². The van der Waals surface area contributed by atoms with E-state index in [-0.39, 0.29) is 0 Å². The van der Waals surface area contributed by atoms with Crippen molar-refractivity contribution in [2.75, 3.05) is 0 Å². The van der Waals surface area contributed by atoms with E-state index in [0.717, 1.165) is 21.2 Å². The third-order valence-corrected chi connectivity index (χ3v) is 4.72. The van der Waals surface area contributed by atoms with Crippen LogP contribution in [0.15, 0.2) is 24.3 Å². The number of halogens is 2. The fourth-order valence-electron chi connectivity index (χ4n) is 1.91. The summed E-state index contributed by atoms with van der Waals surface area (Å²) in [5, 5.41) is 0.523. The van der Waals surface area contributed by atoms with Crippen LogP contribution in [0.4, 0.5) is 0 Å². The minimum Gasteiger partial charge on any atom is -0.232 e. The second-order valence-electron chi connectivity index (χ2n) is 5.03. The molecule has 0 saturated carbocycles. The van der Waals surface area contributed by atoms with E-state index in [1.165, 1.54) is 5.56 Å².